The van der Waals surface area contributed by atoms with Gasteiger partial charge in [-0.3, -0.25) is 4.90 Å². The first-order valence-electron chi connectivity index (χ1n) is 8.95. The first kappa shape index (κ1) is 17.2. The Hall–Kier alpha value is -2.21. The number of morpholine rings is 1. The summed E-state index contributed by atoms with van der Waals surface area (Å²) in [5.74, 6) is -0.363. The Kier molecular flexibility index (Phi) is 5.02. The van der Waals surface area contributed by atoms with E-state index in [1.165, 1.54) is 18.2 Å². The molecule has 0 spiro atoms. The smallest absolute Gasteiger partial charge is 0.337 e. The van der Waals surface area contributed by atoms with Crippen molar-refractivity contribution in [3.8, 4) is 0 Å². The minimum atomic E-state index is -0.649. The number of benzene rings is 2. The highest BCUT2D eigenvalue weighted by Crippen LogP contribution is 2.33. The van der Waals surface area contributed by atoms with Gasteiger partial charge in [-0.15, -0.1) is 0 Å². The molecule has 0 N–H and O–H groups in total. The number of ether oxygens (including phenoxy) is 3. The Morgan fingerprint density at radius 3 is 2.35 bits per heavy atom. The Balaban J connectivity index is 1.57. The van der Waals surface area contributed by atoms with Crippen LogP contribution in [0.15, 0.2) is 60.7 Å². The van der Waals surface area contributed by atoms with Crippen LogP contribution in [0.4, 0.5) is 0 Å². The highest BCUT2D eigenvalue weighted by atomic mass is 16.7. The van der Waals surface area contributed by atoms with Gasteiger partial charge in [0, 0.05) is 13.1 Å². The summed E-state index contributed by atoms with van der Waals surface area (Å²) in [6.07, 6.45) is -0.562. The van der Waals surface area contributed by atoms with E-state index in [-0.39, 0.29) is 18.1 Å². The lowest BCUT2D eigenvalue weighted by Gasteiger charge is -2.39. The minimum Gasteiger partial charge on any atom is -0.467 e. The molecule has 2 heterocycles. The summed E-state index contributed by atoms with van der Waals surface area (Å²) in [6.45, 7) is 1.44. The standard InChI is InChI=1S/C21H23NO4/c1-24-20(23)19-18-14-22(13-16-10-6-3-7-11-16)17(21(25-18)26-19)12-15-8-4-2-5-9-15/h2-11,17-19,21H,12-14H2,1H3/t17-,18-,19+,21-/m0/s1. The summed E-state index contributed by atoms with van der Waals surface area (Å²) < 4.78 is 16.9. The van der Waals surface area contributed by atoms with E-state index in [1.54, 1.807) is 0 Å². The summed E-state index contributed by atoms with van der Waals surface area (Å²) in [6, 6.07) is 20.7. The zero-order valence-electron chi connectivity index (χ0n) is 14.8. The van der Waals surface area contributed by atoms with Crippen molar-refractivity contribution in [3.63, 3.8) is 0 Å². The molecule has 0 unspecified atom stereocenters. The molecule has 0 aromatic heterocycles. The van der Waals surface area contributed by atoms with Gasteiger partial charge in [0.15, 0.2) is 12.4 Å². The Morgan fingerprint density at radius 1 is 1.04 bits per heavy atom. The third-order valence-electron chi connectivity index (χ3n) is 5.07. The van der Waals surface area contributed by atoms with Crippen LogP contribution in [0.2, 0.25) is 0 Å². The molecule has 4 rings (SSSR count). The van der Waals surface area contributed by atoms with Gasteiger partial charge < -0.3 is 14.2 Å². The van der Waals surface area contributed by atoms with Crippen LogP contribution in [-0.4, -0.2) is 49.1 Å². The number of methoxy groups -OCH3 is 1. The predicted molar refractivity (Wildman–Crippen MR) is 96.3 cm³/mol. The van der Waals surface area contributed by atoms with Crippen LogP contribution in [0.5, 0.6) is 0 Å². The fourth-order valence-electron chi connectivity index (χ4n) is 3.77. The zero-order valence-corrected chi connectivity index (χ0v) is 14.8. The normalized spacial score (nSPS) is 28.0. The molecule has 0 saturated carbocycles. The van der Waals surface area contributed by atoms with Gasteiger partial charge >= 0.3 is 5.97 Å². The summed E-state index contributed by atoms with van der Waals surface area (Å²) >= 11 is 0. The van der Waals surface area contributed by atoms with Gasteiger partial charge in [0.2, 0.25) is 0 Å². The topological polar surface area (TPSA) is 48.0 Å². The van der Waals surface area contributed by atoms with Crippen LogP contribution in [0.25, 0.3) is 0 Å². The number of hydrogen-bond acceptors (Lipinski definition) is 5. The van der Waals surface area contributed by atoms with Crippen LogP contribution in [0.1, 0.15) is 11.1 Å². The van der Waals surface area contributed by atoms with Crippen molar-refractivity contribution in [2.24, 2.45) is 0 Å². The maximum Gasteiger partial charge on any atom is 0.337 e. The average Bonchev–Trinajstić information content (AvgIpc) is 3.04. The third-order valence-corrected chi connectivity index (χ3v) is 5.07. The number of rotatable bonds is 5. The second kappa shape index (κ2) is 7.58. The van der Waals surface area contributed by atoms with Gasteiger partial charge in [-0.25, -0.2) is 4.79 Å². The summed E-state index contributed by atoms with van der Waals surface area (Å²) in [4.78, 5) is 14.4. The quantitative estimate of drug-likeness (QED) is 0.773. The monoisotopic (exact) mass is 353 g/mol. The fourth-order valence-corrected chi connectivity index (χ4v) is 3.77. The first-order valence-corrected chi connectivity index (χ1v) is 8.95. The van der Waals surface area contributed by atoms with E-state index in [0.29, 0.717) is 6.54 Å². The average molecular weight is 353 g/mol. The number of carbonyl (C=O) groups is 1. The van der Waals surface area contributed by atoms with Gasteiger partial charge in [0.05, 0.1) is 13.2 Å². The maximum atomic E-state index is 12.0. The number of esters is 1. The van der Waals surface area contributed by atoms with Crippen molar-refractivity contribution >= 4 is 5.97 Å². The van der Waals surface area contributed by atoms with Crippen molar-refractivity contribution in [2.45, 2.75) is 37.5 Å². The molecule has 5 nitrogen and oxygen atoms in total. The van der Waals surface area contributed by atoms with Crippen LogP contribution in [-0.2, 0) is 32.0 Å². The minimum absolute atomic E-state index is 0.0449. The van der Waals surface area contributed by atoms with Gasteiger partial charge in [-0.05, 0) is 17.5 Å². The SMILES string of the molecule is COC(=O)[C@@H]1O[C@@H]2O[C@H]1CN(Cc1ccccc1)[C@H]2Cc1ccccc1. The highest BCUT2D eigenvalue weighted by Gasteiger charge is 2.51. The second-order valence-corrected chi connectivity index (χ2v) is 6.79. The molecule has 5 heteroatoms. The lowest BCUT2D eigenvalue weighted by atomic mass is 10.0. The summed E-state index contributed by atoms with van der Waals surface area (Å²) in [7, 11) is 1.39. The number of fused-ring (bicyclic) bond motifs is 2. The first-order chi connectivity index (χ1) is 12.7. The number of nitrogens with zero attached hydrogens (tertiary/aromatic N) is 1. The van der Waals surface area contributed by atoms with E-state index in [0.717, 1.165) is 13.0 Å². The van der Waals surface area contributed by atoms with E-state index in [1.807, 2.05) is 36.4 Å². The second-order valence-electron chi connectivity index (χ2n) is 6.79. The molecule has 2 aliphatic heterocycles. The molecule has 2 aromatic carbocycles. The van der Waals surface area contributed by atoms with Crippen LogP contribution in [0.3, 0.4) is 0 Å². The maximum absolute atomic E-state index is 12.0. The van der Waals surface area contributed by atoms with Crippen molar-refractivity contribution in [1.82, 2.24) is 4.90 Å². The van der Waals surface area contributed by atoms with Crippen LogP contribution >= 0.6 is 0 Å². The lowest BCUT2D eigenvalue weighted by molar-refractivity contribution is -0.161. The van der Waals surface area contributed by atoms with Gasteiger partial charge in [0.25, 0.3) is 0 Å². The fraction of sp³-hybridized carbons (Fsp3) is 0.381. The third kappa shape index (κ3) is 3.51. The summed E-state index contributed by atoms with van der Waals surface area (Å²) in [5.41, 5.74) is 2.46. The van der Waals surface area contributed by atoms with E-state index in [2.05, 4.69) is 29.2 Å². The Labute approximate surface area is 153 Å². The number of carbonyl (C=O) groups excluding carboxylic acids is 1. The molecule has 0 aliphatic carbocycles. The molecule has 2 fully saturated rings. The van der Waals surface area contributed by atoms with Gasteiger partial charge in [-0.1, -0.05) is 60.7 Å². The van der Waals surface area contributed by atoms with E-state index < -0.39 is 12.4 Å². The van der Waals surface area contributed by atoms with Crippen molar-refractivity contribution in [2.75, 3.05) is 13.7 Å². The molecule has 2 aromatic rings. The number of hydrogen-bond donors (Lipinski definition) is 0. The Bertz CT molecular complexity index is 736. The lowest BCUT2D eigenvalue weighted by Crippen LogP contribution is -2.52. The van der Waals surface area contributed by atoms with Crippen molar-refractivity contribution in [3.05, 3.63) is 71.8 Å². The summed E-state index contributed by atoms with van der Waals surface area (Å²) in [5, 5.41) is 0. The molecule has 2 bridgehead atoms. The van der Waals surface area contributed by atoms with E-state index in [4.69, 9.17) is 14.2 Å². The molecule has 26 heavy (non-hydrogen) atoms. The Morgan fingerprint density at radius 2 is 1.69 bits per heavy atom. The highest BCUT2D eigenvalue weighted by molar-refractivity contribution is 5.75. The molecule has 0 amide bonds. The molecular weight excluding hydrogens is 330 g/mol. The van der Waals surface area contributed by atoms with Gasteiger partial charge in [-0.2, -0.15) is 0 Å². The molecule has 2 saturated heterocycles. The molecule has 0 radical (unpaired) electrons. The predicted octanol–water partition coefficient (Wildman–Crippen LogP) is 2.40. The largest absolute Gasteiger partial charge is 0.467 e. The van der Waals surface area contributed by atoms with E-state index in [9.17, 15) is 4.79 Å². The van der Waals surface area contributed by atoms with Crippen molar-refractivity contribution in [1.29, 1.82) is 0 Å². The van der Waals surface area contributed by atoms with Gasteiger partial charge in [0.1, 0.15) is 6.10 Å². The molecule has 2 aliphatic rings. The molecule has 136 valence electrons. The molecule has 4 atom stereocenters. The van der Waals surface area contributed by atoms with Crippen molar-refractivity contribution < 1.29 is 19.0 Å². The zero-order chi connectivity index (χ0) is 17.9. The van der Waals surface area contributed by atoms with E-state index >= 15 is 0 Å². The van der Waals surface area contributed by atoms with Crippen LogP contribution in [0, 0.1) is 0 Å². The molecular formula is C21H23NO4. The van der Waals surface area contributed by atoms with Crippen LogP contribution < -0.4 is 0 Å².